The van der Waals surface area contributed by atoms with Crippen molar-refractivity contribution in [3.63, 3.8) is 0 Å². The largest absolute Gasteiger partial charge is 0.481 e. The number of aromatic amines is 1. The lowest BCUT2D eigenvalue weighted by atomic mass is 10.2. The summed E-state index contributed by atoms with van der Waals surface area (Å²) in [4.78, 5) is 6.96. The van der Waals surface area contributed by atoms with Gasteiger partial charge in [0.15, 0.2) is 5.03 Å². The molecule has 0 saturated carbocycles. The molecule has 1 aromatic heterocycles. The van der Waals surface area contributed by atoms with E-state index in [1.165, 1.54) is 17.5 Å². The van der Waals surface area contributed by atoms with Crippen LogP contribution in [-0.4, -0.2) is 32.0 Å². The molecule has 1 heterocycles. The summed E-state index contributed by atoms with van der Waals surface area (Å²) >= 11 is 0. The van der Waals surface area contributed by atoms with E-state index in [1.807, 2.05) is 13.8 Å². The van der Waals surface area contributed by atoms with E-state index in [2.05, 4.69) is 15.9 Å². The fourth-order valence-corrected chi connectivity index (χ4v) is 3.02. The van der Waals surface area contributed by atoms with Crippen LogP contribution in [0.2, 0.25) is 0 Å². The standard InChI is InChI=1S/C16H19N3O3S/c1-5-10-22-14-8-6-13(7-9-14)19(4)23(20,21)15-11-17-16(18-15)12(2)3/h1,6-9,11-12H,10H2,2-4H3,(H,17,18). The van der Waals surface area contributed by atoms with Crippen LogP contribution in [0.1, 0.15) is 25.6 Å². The number of imidazole rings is 1. The molecule has 0 bridgehead atoms. The molecular weight excluding hydrogens is 314 g/mol. The summed E-state index contributed by atoms with van der Waals surface area (Å²) in [6.45, 7) is 4.04. The summed E-state index contributed by atoms with van der Waals surface area (Å²) in [5.74, 6) is 3.71. The van der Waals surface area contributed by atoms with Gasteiger partial charge in [0.1, 0.15) is 18.2 Å². The fraction of sp³-hybridized carbons (Fsp3) is 0.312. The van der Waals surface area contributed by atoms with Gasteiger partial charge in [0, 0.05) is 13.0 Å². The second-order valence-electron chi connectivity index (χ2n) is 5.25. The first-order valence-electron chi connectivity index (χ1n) is 7.06. The molecule has 6 nitrogen and oxygen atoms in total. The highest BCUT2D eigenvalue weighted by atomic mass is 32.2. The van der Waals surface area contributed by atoms with Crippen LogP contribution in [0.5, 0.6) is 5.75 Å². The number of hydrogen-bond acceptors (Lipinski definition) is 4. The molecular formula is C16H19N3O3S. The van der Waals surface area contributed by atoms with Crippen LogP contribution in [0.15, 0.2) is 35.5 Å². The quantitative estimate of drug-likeness (QED) is 0.824. The lowest BCUT2D eigenvalue weighted by Gasteiger charge is -2.18. The van der Waals surface area contributed by atoms with Gasteiger partial charge in [-0.15, -0.1) is 6.42 Å². The minimum atomic E-state index is -3.69. The number of sulfonamides is 1. The molecule has 0 aliphatic heterocycles. The molecule has 2 aromatic rings. The first kappa shape index (κ1) is 16.9. The topological polar surface area (TPSA) is 75.3 Å². The summed E-state index contributed by atoms with van der Waals surface area (Å²) in [6, 6.07) is 6.66. The molecule has 2 rings (SSSR count). The van der Waals surface area contributed by atoms with E-state index in [-0.39, 0.29) is 17.6 Å². The predicted molar refractivity (Wildman–Crippen MR) is 89.0 cm³/mol. The highest BCUT2D eigenvalue weighted by molar-refractivity contribution is 7.92. The number of nitrogens with one attached hydrogen (secondary N) is 1. The minimum absolute atomic E-state index is 0.0661. The number of rotatable bonds is 6. The number of anilines is 1. The first-order valence-corrected chi connectivity index (χ1v) is 8.50. The van der Waals surface area contributed by atoms with Crippen LogP contribution in [0.3, 0.4) is 0 Å². The number of nitrogens with zero attached hydrogens (tertiary/aromatic N) is 2. The summed E-state index contributed by atoms with van der Waals surface area (Å²) in [6.07, 6.45) is 6.47. The maximum Gasteiger partial charge on any atom is 0.281 e. The second-order valence-corrected chi connectivity index (χ2v) is 7.18. The van der Waals surface area contributed by atoms with Crippen LogP contribution < -0.4 is 9.04 Å². The molecule has 0 atom stereocenters. The molecule has 0 amide bonds. The van der Waals surface area contributed by atoms with Crippen molar-refractivity contribution < 1.29 is 13.2 Å². The molecule has 0 aliphatic rings. The molecule has 0 spiro atoms. The smallest absolute Gasteiger partial charge is 0.281 e. The molecule has 0 fully saturated rings. The number of terminal acetylenes is 1. The zero-order valence-electron chi connectivity index (χ0n) is 13.3. The lowest BCUT2D eigenvalue weighted by molar-refractivity contribution is 0.370. The van der Waals surface area contributed by atoms with Gasteiger partial charge in [-0.25, -0.2) is 4.98 Å². The van der Waals surface area contributed by atoms with Crippen molar-refractivity contribution >= 4 is 15.7 Å². The molecule has 122 valence electrons. The average molecular weight is 333 g/mol. The Labute approximate surface area is 136 Å². The van der Waals surface area contributed by atoms with Gasteiger partial charge in [0.25, 0.3) is 10.0 Å². The van der Waals surface area contributed by atoms with E-state index in [9.17, 15) is 8.42 Å². The van der Waals surface area contributed by atoms with Gasteiger partial charge in [-0.05, 0) is 24.3 Å². The Bertz CT molecular complexity index is 802. The van der Waals surface area contributed by atoms with Crippen molar-refractivity contribution in [2.24, 2.45) is 0 Å². The average Bonchev–Trinajstić information content (AvgIpc) is 3.03. The Hall–Kier alpha value is -2.46. The Balaban J connectivity index is 2.23. The number of benzene rings is 1. The van der Waals surface area contributed by atoms with Gasteiger partial charge in [-0.2, -0.15) is 8.42 Å². The highest BCUT2D eigenvalue weighted by Crippen LogP contribution is 2.24. The molecule has 0 saturated heterocycles. The normalized spacial score (nSPS) is 11.3. The molecule has 0 unspecified atom stereocenters. The van der Waals surface area contributed by atoms with Gasteiger partial charge in [-0.3, -0.25) is 4.31 Å². The monoisotopic (exact) mass is 333 g/mol. The second kappa shape index (κ2) is 6.75. The van der Waals surface area contributed by atoms with Gasteiger partial charge < -0.3 is 9.72 Å². The van der Waals surface area contributed by atoms with E-state index in [0.29, 0.717) is 17.3 Å². The van der Waals surface area contributed by atoms with Crippen molar-refractivity contribution in [3.8, 4) is 18.1 Å². The van der Waals surface area contributed by atoms with Crippen LogP contribution in [0.25, 0.3) is 0 Å². The molecule has 0 radical (unpaired) electrons. The number of H-pyrrole nitrogens is 1. The number of aromatic nitrogens is 2. The Morgan fingerprint density at radius 2 is 2.00 bits per heavy atom. The van der Waals surface area contributed by atoms with E-state index >= 15 is 0 Å². The lowest BCUT2D eigenvalue weighted by Crippen LogP contribution is -2.26. The number of ether oxygens (including phenoxy) is 1. The Morgan fingerprint density at radius 3 is 2.52 bits per heavy atom. The van der Waals surface area contributed by atoms with E-state index < -0.39 is 10.0 Å². The fourth-order valence-electron chi connectivity index (χ4n) is 1.91. The van der Waals surface area contributed by atoms with Crippen LogP contribution in [0.4, 0.5) is 5.69 Å². The predicted octanol–water partition coefficient (Wildman–Crippen LogP) is 2.37. The van der Waals surface area contributed by atoms with Crippen molar-refractivity contribution in [1.29, 1.82) is 0 Å². The van der Waals surface area contributed by atoms with Gasteiger partial charge >= 0.3 is 0 Å². The summed E-state index contributed by atoms with van der Waals surface area (Å²) < 4.78 is 31.7. The zero-order chi connectivity index (χ0) is 17.0. The summed E-state index contributed by atoms with van der Waals surface area (Å²) in [5.41, 5.74) is 0.513. The van der Waals surface area contributed by atoms with Crippen molar-refractivity contribution in [2.75, 3.05) is 18.0 Å². The molecule has 1 aromatic carbocycles. The SMILES string of the molecule is C#CCOc1ccc(N(C)S(=O)(=O)c2cnc(C(C)C)[nH]2)cc1. The van der Waals surface area contributed by atoms with Crippen LogP contribution in [0, 0.1) is 12.3 Å². The third-order valence-corrected chi connectivity index (χ3v) is 4.98. The maximum absolute atomic E-state index is 12.6. The highest BCUT2D eigenvalue weighted by Gasteiger charge is 2.24. The summed E-state index contributed by atoms with van der Waals surface area (Å²) in [7, 11) is -2.20. The van der Waals surface area contributed by atoms with E-state index in [4.69, 9.17) is 11.2 Å². The van der Waals surface area contributed by atoms with Crippen LogP contribution in [-0.2, 0) is 10.0 Å². The van der Waals surface area contributed by atoms with E-state index in [1.54, 1.807) is 24.3 Å². The van der Waals surface area contributed by atoms with Crippen molar-refractivity contribution in [2.45, 2.75) is 24.8 Å². The Morgan fingerprint density at radius 1 is 1.35 bits per heavy atom. The minimum Gasteiger partial charge on any atom is -0.481 e. The van der Waals surface area contributed by atoms with Gasteiger partial charge in [0.2, 0.25) is 0 Å². The molecule has 7 heteroatoms. The molecule has 23 heavy (non-hydrogen) atoms. The van der Waals surface area contributed by atoms with Gasteiger partial charge in [-0.1, -0.05) is 19.8 Å². The zero-order valence-corrected chi connectivity index (χ0v) is 14.1. The third-order valence-electron chi connectivity index (χ3n) is 3.28. The van der Waals surface area contributed by atoms with Gasteiger partial charge in [0.05, 0.1) is 11.9 Å². The molecule has 0 aliphatic carbocycles. The third kappa shape index (κ3) is 3.66. The van der Waals surface area contributed by atoms with Crippen LogP contribution >= 0.6 is 0 Å². The summed E-state index contributed by atoms with van der Waals surface area (Å²) in [5, 5.41) is 0.0661. The van der Waals surface area contributed by atoms with Crippen molar-refractivity contribution in [1.82, 2.24) is 9.97 Å². The maximum atomic E-state index is 12.6. The van der Waals surface area contributed by atoms with E-state index in [0.717, 1.165) is 0 Å². The molecule has 1 N–H and O–H groups in total. The first-order chi connectivity index (χ1) is 10.9. The Kier molecular flexibility index (Phi) is 4.96. The number of hydrogen-bond donors (Lipinski definition) is 1. The van der Waals surface area contributed by atoms with Crippen molar-refractivity contribution in [3.05, 3.63) is 36.3 Å².